The van der Waals surface area contributed by atoms with Gasteiger partial charge in [-0.25, -0.2) is 9.78 Å². The standard InChI is InChI=1S/C21H29N3O2/c1-6-7-24-13(2)22-18-9-16-14-8-15(17(16)10-19(18)24)12-23(11-14)20(25)26-21(3,4)5/h9-10,14-15H,6-8,11-12H2,1-5H3. The number of carbonyl (C=O) groups is 1. The average Bonchev–Trinajstić information content (AvgIpc) is 2.99. The maximum absolute atomic E-state index is 12.5. The normalized spacial score (nSPS) is 22.0. The molecule has 1 saturated heterocycles. The van der Waals surface area contributed by atoms with Crippen LogP contribution in [0.4, 0.5) is 4.79 Å². The van der Waals surface area contributed by atoms with E-state index in [2.05, 4.69) is 30.5 Å². The molecule has 2 aliphatic rings. The Morgan fingerprint density at radius 2 is 1.88 bits per heavy atom. The van der Waals surface area contributed by atoms with Crippen molar-refractivity contribution < 1.29 is 9.53 Å². The molecule has 1 aromatic carbocycles. The van der Waals surface area contributed by atoms with Gasteiger partial charge < -0.3 is 14.2 Å². The van der Waals surface area contributed by atoms with Gasteiger partial charge in [-0.3, -0.25) is 0 Å². The van der Waals surface area contributed by atoms with Crippen LogP contribution in [-0.4, -0.2) is 39.2 Å². The molecular weight excluding hydrogens is 326 g/mol. The van der Waals surface area contributed by atoms with Crippen molar-refractivity contribution in [3.05, 3.63) is 29.1 Å². The van der Waals surface area contributed by atoms with Crippen molar-refractivity contribution in [1.82, 2.24) is 14.5 Å². The topological polar surface area (TPSA) is 47.4 Å². The molecule has 2 unspecified atom stereocenters. The average molecular weight is 355 g/mol. The molecule has 140 valence electrons. The number of likely N-dealkylation sites (tertiary alicyclic amines) is 1. The van der Waals surface area contributed by atoms with Gasteiger partial charge >= 0.3 is 6.09 Å². The predicted octanol–water partition coefficient (Wildman–Crippen LogP) is 4.58. The molecule has 2 bridgehead atoms. The summed E-state index contributed by atoms with van der Waals surface area (Å²) in [5, 5.41) is 0. The molecule has 5 nitrogen and oxygen atoms in total. The van der Waals surface area contributed by atoms with Crippen molar-refractivity contribution in [3.8, 4) is 0 Å². The molecule has 1 amide bonds. The zero-order chi connectivity index (χ0) is 18.6. The van der Waals surface area contributed by atoms with Crippen molar-refractivity contribution in [2.45, 2.75) is 71.4 Å². The highest BCUT2D eigenvalue weighted by Crippen LogP contribution is 2.47. The van der Waals surface area contributed by atoms with E-state index < -0.39 is 5.60 Å². The van der Waals surface area contributed by atoms with Crippen LogP contribution in [0.3, 0.4) is 0 Å². The van der Waals surface area contributed by atoms with E-state index in [9.17, 15) is 4.79 Å². The van der Waals surface area contributed by atoms with Crippen molar-refractivity contribution in [1.29, 1.82) is 0 Å². The van der Waals surface area contributed by atoms with Crippen LogP contribution in [0, 0.1) is 6.92 Å². The van der Waals surface area contributed by atoms with Crippen molar-refractivity contribution >= 4 is 17.1 Å². The second-order valence-corrected chi connectivity index (χ2v) is 8.80. The summed E-state index contributed by atoms with van der Waals surface area (Å²) in [6, 6.07) is 4.61. The smallest absolute Gasteiger partial charge is 0.410 e. The lowest BCUT2D eigenvalue weighted by molar-refractivity contribution is 0.0193. The number of rotatable bonds is 2. The second-order valence-electron chi connectivity index (χ2n) is 8.80. The number of nitrogens with zero attached hydrogens (tertiary/aromatic N) is 3. The third-order valence-electron chi connectivity index (χ3n) is 5.57. The summed E-state index contributed by atoms with van der Waals surface area (Å²) in [4.78, 5) is 19.2. The molecule has 2 heterocycles. The summed E-state index contributed by atoms with van der Waals surface area (Å²) in [6.07, 6.45) is 2.05. The van der Waals surface area contributed by atoms with Crippen LogP contribution in [0.25, 0.3) is 11.0 Å². The van der Waals surface area contributed by atoms with Gasteiger partial charge in [0.05, 0.1) is 11.0 Å². The molecule has 1 fully saturated rings. The summed E-state index contributed by atoms with van der Waals surface area (Å²) in [6.45, 7) is 12.6. The molecule has 1 aliphatic heterocycles. The fourth-order valence-corrected chi connectivity index (χ4v) is 4.56. The molecule has 0 saturated carbocycles. The lowest BCUT2D eigenvalue weighted by atomic mass is 9.96. The fraction of sp³-hybridized carbons (Fsp3) is 0.619. The van der Waals surface area contributed by atoms with Crippen LogP contribution in [0.2, 0.25) is 0 Å². The first-order valence-electron chi connectivity index (χ1n) is 9.75. The Labute approximate surface area is 155 Å². The lowest BCUT2D eigenvalue weighted by Crippen LogP contribution is -2.42. The number of piperidine rings is 1. The summed E-state index contributed by atoms with van der Waals surface area (Å²) < 4.78 is 7.92. The summed E-state index contributed by atoms with van der Waals surface area (Å²) in [5.74, 6) is 1.90. The molecule has 5 heteroatoms. The second kappa shape index (κ2) is 6.00. The van der Waals surface area contributed by atoms with Crippen LogP contribution in [0.15, 0.2) is 12.1 Å². The highest BCUT2D eigenvalue weighted by Gasteiger charge is 2.40. The molecule has 1 aromatic heterocycles. The fourth-order valence-electron chi connectivity index (χ4n) is 4.56. The molecule has 4 rings (SSSR count). The highest BCUT2D eigenvalue weighted by molar-refractivity contribution is 5.80. The maximum Gasteiger partial charge on any atom is 0.410 e. The van der Waals surface area contributed by atoms with Gasteiger partial charge in [0.15, 0.2) is 0 Å². The number of hydrogen-bond acceptors (Lipinski definition) is 3. The Balaban J connectivity index is 1.66. The monoisotopic (exact) mass is 355 g/mol. The van der Waals surface area contributed by atoms with Crippen molar-refractivity contribution in [2.75, 3.05) is 13.1 Å². The Morgan fingerprint density at radius 1 is 1.23 bits per heavy atom. The number of fused-ring (bicyclic) bond motifs is 6. The molecule has 0 radical (unpaired) electrons. The number of amides is 1. The van der Waals surface area contributed by atoms with Gasteiger partial charge in [0.1, 0.15) is 11.4 Å². The summed E-state index contributed by atoms with van der Waals surface area (Å²) in [7, 11) is 0. The zero-order valence-electron chi connectivity index (χ0n) is 16.5. The van der Waals surface area contributed by atoms with Gasteiger partial charge in [0.25, 0.3) is 0 Å². The van der Waals surface area contributed by atoms with Gasteiger partial charge in [-0.2, -0.15) is 0 Å². The van der Waals surface area contributed by atoms with Gasteiger partial charge in [0.2, 0.25) is 0 Å². The predicted molar refractivity (Wildman–Crippen MR) is 103 cm³/mol. The molecule has 1 aliphatic carbocycles. The Bertz CT molecular complexity index is 862. The van der Waals surface area contributed by atoms with Crippen LogP contribution >= 0.6 is 0 Å². The van der Waals surface area contributed by atoms with E-state index in [0.29, 0.717) is 11.8 Å². The zero-order valence-corrected chi connectivity index (χ0v) is 16.5. The molecule has 0 N–H and O–H groups in total. The van der Waals surface area contributed by atoms with E-state index in [0.717, 1.165) is 43.8 Å². The Kier molecular flexibility index (Phi) is 4.01. The van der Waals surface area contributed by atoms with Gasteiger partial charge in [-0.15, -0.1) is 0 Å². The van der Waals surface area contributed by atoms with Crippen LogP contribution in [0.5, 0.6) is 0 Å². The first kappa shape index (κ1) is 17.4. The van der Waals surface area contributed by atoms with Gasteiger partial charge in [-0.05, 0) is 63.8 Å². The van der Waals surface area contributed by atoms with Crippen LogP contribution < -0.4 is 0 Å². The van der Waals surface area contributed by atoms with Gasteiger partial charge in [0, 0.05) is 31.5 Å². The minimum absolute atomic E-state index is 0.186. The maximum atomic E-state index is 12.5. The first-order chi connectivity index (χ1) is 12.3. The SMILES string of the molecule is CCCn1c(C)nc2cc3c(cc21)C1CC3CN(C(=O)OC(C)(C)C)C1. The first-order valence-corrected chi connectivity index (χ1v) is 9.75. The Hall–Kier alpha value is -2.04. The van der Waals surface area contributed by atoms with Crippen molar-refractivity contribution in [2.24, 2.45) is 0 Å². The van der Waals surface area contributed by atoms with E-state index in [1.165, 1.54) is 16.6 Å². The van der Waals surface area contributed by atoms with Crippen LogP contribution in [0.1, 0.15) is 69.3 Å². The number of hydrogen-bond donors (Lipinski definition) is 0. The molecule has 2 atom stereocenters. The van der Waals surface area contributed by atoms with Gasteiger partial charge in [-0.1, -0.05) is 6.92 Å². The lowest BCUT2D eigenvalue weighted by Gasteiger charge is -2.33. The largest absolute Gasteiger partial charge is 0.444 e. The third-order valence-corrected chi connectivity index (χ3v) is 5.57. The quantitative estimate of drug-likeness (QED) is 0.792. The summed E-state index contributed by atoms with van der Waals surface area (Å²) in [5.41, 5.74) is 4.67. The number of aromatic nitrogens is 2. The number of ether oxygens (including phenoxy) is 1. The minimum Gasteiger partial charge on any atom is -0.444 e. The molecule has 26 heavy (non-hydrogen) atoms. The number of aryl methyl sites for hydroxylation is 2. The van der Waals surface area contributed by atoms with E-state index >= 15 is 0 Å². The molecular formula is C21H29N3O2. The highest BCUT2D eigenvalue weighted by atomic mass is 16.6. The number of carbonyl (C=O) groups excluding carboxylic acids is 1. The molecule has 2 aromatic rings. The minimum atomic E-state index is -0.450. The Morgan fingerprint density at radius 3 is 2.50 bits per heavy atom. The van der Waals surface area contributed by atoms with E-state index in [4.69, 9.17) is 9.72 Å². The number of imidazole rings is 1. The third kappa shape index (κ3) is 2.87. The van der Waals surface area contributed by atoms with E-state index in [1.807, 2.05) is 25.7 Å². The van der Waals surface area contributed by atoms with Crippen molar-refractivity contribution in [3.63, 3.8) is 0 Å². The van der Waals surface area contributed by atoms with Crippen LogP contribution in [-0.2, 0) is 11.3 Å². The van der Waals surface area contributed by atoms with E-state index in [-0.39, 0.29) is 6.09 Å². The van der Waals surface area contributed by atoms with E-state index in [1.54, 1.807) is 0 Å². The molecule has 0 spiro atoms. The summed E-state index contributed by atoms with van der Waals surface area (Å²) >= 11 is 0. The number of benzene rings is 1.